The third-order valence-corrected chi connectivity index (χ3v) is 3.39. The van der Waals surface area contributed by atoms with Crippen LogP contribution in [0.3, 0.4) is 0 Å². The van der Waals surface area contributed by atoms with Crippen molar-refractivity contribution in [1.29, 1.82) is 0 Å². The molecule has 1 atom stereocenters. The molecule has 2 rings (SSSR count). The number of β-amino-alcohol motifs (C(OH)–C–C–N with tert-alkyl or cyclic N) is 1. The van der Waals surface area contributed by atoms with Gasteiger partial charge in [0.05, 0.1) is 18.8 Å². The monoisotopic (exact) mass is 263 g/mol. The lowest BCUT2D eigenvalue weighted by atomic mass is 10.1. The zero-order chi connectivity index (χ0) is 13.9. The highest BCUT2D eigenvalue weighted by Gasteiger charge is 2.32. The number of aliphatic hydroxyl groups is 1. The molecule has 0 aromatic heterocycles. The van der Waals surface area contributed by atoms with Crippen LogP contribution in [-0.4, -0.2) is 47.6 Å². The molecular weight excluding hydrogens is 242 g/mol. The van der Waals surface area contributed by atoms with E-state index in [4.69, 9.17) is 4.74 Å². The van der Waals surface area contributed by atoms with Crippen LogP contribution in [0.25, 0.3) is 0 Å². The van der Waals surface area contributed by atoms with Gasteiger partial charge in [0.1, 0.15) is 5.75 Å². The first-order valence-electron chi connectivity index (χ1n) is 6.71. The van der Waals surface area contributed by atoms with Gasteiger partial charge in [0.25, 0.3) is 0 Å². The third kappa shape index (κ3) is 3.78. The minimum absolute atomic E-state index is 0.0840. The van der Waals surface area contributed by atoms with Crippen molar-refractivity contribution in [2.75, 3.05) is 26.2 Å². The molecule has 0 aliphatic carbocycles. The van der Waals surface area contributed by atoms with Crippen LogP contribution < -0.4 is 4.74 Å². The molecule has 1 aliphatic heterocycles. The molecular formula is C15H21NO3. The summed E-state index contributed by atoms with van der Waals surface area (Å²) in [6, 6.07) is 7.22. The first kappa shape index (κ1) is 14.0. The van der Waals surface area contributed by atoms with Crippen LogP contribution in [0, 0.1) is 0 Å². The van der Waals surface area contributed by atoms with Crippen molar-refractivity contribution in [2.24, 2.45) is 0 Å². The van der Waals surface area contributed by atoms with Gasteiger partial charge in [-0.15, -0.1) is 0 Å². The number of nitrogens with zero attached hydrogens (tertiary/aromatic N) is 1. The number of carbonyl (C=O) groups is 1. The molecule has 1 aliphatic rings. The predicted octanol–water partition coefficient (Wildman–Crippen LogP) is 1.72. The molecule has 0 bridgehead atoms. The van der Waals surface area contributed by atoms with Gasteiger partial charge in [-0.05, 0) is 44.5 Å². The molecule has 1 heterocycles. The first-order chi connectivity index (χ1) is 9.00. The van der Waals surface area contributed by atoms with Gasteiger partial charge < -0.3 is 9.84 Å². The Bertz CT molecular complexity index is 439. The van der Waals surface area contributed by atoms with E-state index < -0.39 is 5.60 Å². The second-order valence-corrected chi connectivity index (χ2v) is 5.34. The SMILES string of the molecule is CCOc1ccc(C(=O)CN2CCC(C)(O)C2)cc1. The van der Waals surface area contributed by atoms with Crippen LogP contribution >= 0.6 is 0 Å². The van der Waals surface area contributed by atoms with Crippen LogP contribution in [0.1, 0.15) is 30.6 Å². The maximum absolute atomic E-state index is 12.1. The van der Waals surface area contributed by atoms with Gasteiger partial charge in [-0.2, -0.15) is 0 Å². The number of rotatable bonds is 5. The average molecular weight is 263 g/mol. The van der Waals surface area contributed by atoms with Crippen molar-refractivity contribution >= 4 is 5.78 Å². The molecule has 1 unspecified atom stereocenters. The fourth-order valence-electron chi connectivity index (χ4n) is 2.37. The van der Waals surface area contributed by atoms with Gasteiger partial charge in [-0.3, -0.25) is 9.69 Å². The number of hydrogen-bond acceptors (Lipinski definition) is 4. The second-order valence-electron chi connectivity index (χ2n) is 5.34. The summed E-state index contributed by atoms with van der Waals surface area (Å²) in [6.07, 6.45) is 0.726. The molecule has 1 N–H and O–H groups in total. The summed E-state index contributed by atoms with van der Waals surface area (Å²) in [5.41, 5.74) is 0.0361. The molecule has 104 valence electrons. The normalized spacial score (nSPS) is 23.5. The lowest BCUT2D eigenvalue weighted by Gasteiger charge is -2.18. The maximum atomic E-state index is 12.1. The van der Waals surface area contributed by atoms with Gasteiger partial charge in [-0.25, -0.2) is 0 Å². The number of ether oxygens (including phenoxy) is 1. The Morgan fingerprint density at radius 2 is 2.11 bits per heavy atom. The first-order valence-corrected chi connectivity index (χ1v) is 6.71. The second kappa shape index (κ2) is 5.72. The molecule has 1 aromatic rings. The summed E-state index contributed by atoms with van der Waals surface area (Å²) in [5, 5.41) is 9.87. The third-order valence-electron chi connectivity index (χ3n) is 3.39. The highest BCUT2D eigenvalue weighted by molar-refractivity contribution is 5.97. The molecule has 1 fully saturated rings. The van der Waals surface area contributed by atoms with Gasteiger partial charge in [0.2, 0.25) is 0 Å². The Morgan fingerprint density at radius 3 is 2.63 bits per heavy atom. The van der Waals surface area contributed by atoms with E-state index in [1.54, 1.807) is 12.1 Å². The summed E-state index contributed by atoms with van der Waals surface area (Å²) in [7, 11) is 0. The Kier molecular flexibility index (Phi) is 4.22. The smallest absolute Gasteiger partial charge is 0.176 e. The lowest BCUT2D eigenvalue weighted by molar-refractivity contribution is 0.0669. The van der Waals surface area contributed by atoms with Crippen LogP contribution in [0.4, 0.5) is 0 Å². The van der Waals surface area contributed by atoms with Gasteiger partial charge in [-0.1, -0.05) is 0 Å². The average Bonchev–Trinajstić information content (AvgIpc) is 2.70. The van der Waals surface area contributed by atoms with Crippen molar-refractivity contribution < 1.29 is 14.6 Å². The summed E-state index contributed by atoms with van der Waals surface area (Å²) >= 11 is 0. The predicted molar refractivity (Wildman–Crippen MR) is 73.6 cm³/mol. The van der Waals surface area contributed by atoms with E-state index in [0.717, 1.165) is 18.7 Å². The largest absolute Gasteiger partial charge is 0.494 e. The molecule has 1 aromatic carbocycles. The summed E-state index contributed by atoms with van der Waals surface area (Å²) in [5.74, 6) is 0.865. The van der Waals surface area contributed by atoms with E-state index in [0.29, 0.717) is 25.3 Å². The van der Waals surface area contributed by atoms with Crippen molar-refractivity contribution in [1.82, 2.24) is 4.90 Å². The molecule has 4 heteroatoms. The van der Waals surface area contributed by atoms with E-state index in [1.807, 2.05) is 30.9 Å². The van der Waals surface area contributed by atoms with Crippen LogP contribution in [0.2, 0.25) is 0 Å². The summed E-state index contributed by atoms with van der Waals surface area (Å²) < 4.78 is 5.35. The topological polar surface area (TPSA) is 49.8 Å². The van der Waals surface area contributed by atoms with E-state index >= 15 is 0 Å². The number of carbonyl (C=O) groups excluding carboxylic acids is 1. The number of hydrogen-bond donors (Lipinski definition) is 1. The quantitative estimate of drug-likeness (QED) is 0.822. The van der Waals surface area contributed by atoms with E-state index in [2.05, 4.69) is 0 Å². The number of benzene rings is 1. The Labute approximate surface area is 114 Å². The van der Waals surface area contributed by atoms with Gasteiger partial charge >= 0.3 is 0 Å². The molecule has 1 saturated heterocycles. The highest BCUT2D eigenvalue weighted by atomic mass is 16.5. The van der Waals surface area contributed by atoms with Crippen LogP contribution in [-0.2, 0) is 0 Å². The van der Waals surface area contributed by atoms with Crippen LogP contribution in [0.15, 0.2) is 24.3 Å². The molecule has 0 spiro atoms. The Balaban J connectivity index is 1.93. The van der Waals surface area contributed by atoms with Crippen molar-refractivity contribution in [3.8, 4) is 5.75 Å². The Morgan fingerprint density at radius 1 is 1.42 bits per heavy atom. The van der Waals surface area contributed by atoms with E-state index in [9.17, 15) is 9.90 Å². The summed E-state index contributed by atoms with van der Waals surface area (Å²) in [6.45, 7) is 6.07. The standard InChI is InChI=1S/C15H21NO3/c1-3-19-13-6-4-12(5-7-13)14(17)10-16-9-8-15(2,18)11-16/h4-7,18H,3,8-11H2,1-2H3. The minimum atomic E-state index is -0.654. The van der Waals surface area contributed by atoms with Crippen molar-refractivity contribution in [2.45, 2.75) is 25.9 Å². The minimum Gasteiger partial charge on any atom is -0.494 e. The molecule has 0 saturated carbocycles. The van der Waals surface area contributed by atoms with Crippen molar-refractivity contribution in [3.05, 3.63) is 29.8 Å². The Hall–Kier alpha value is -1.39. The maximum Gasteiger partial charge on any atom is 0.176 e. The number of ketones is 1. The summed E-state index contributed by atoms with van der Waals surface area (Å²) in [4.78, 5) is 14.1. The van der Waals surface area contributed by atoms with E-state index in [1.165, 1.54) is 0 Å². The van der Waals surface area contributed by atoms with Gasteiger partial charge in [0, 0.05) is 18.7 Å². The molecule has 4 nitrogen and oxygen atoms in total. The fourth-order valence-corrected chi connectivity index (χ4v) is 2.37. The number of Topliss-reactive ketones (excluding diaryl/α,β-unsaturated/α-hetero) is 1. The zero-order valence-electron chi connectivity index (χ0n) is 11.6. The molecule has 0 amide bonds. The molecule has 19 heavy (non-hydrogen) atoms. The molecule has 0 radical (unpaired) electrons. The fraction of sp³-hybridized carbons (Fsp3) is 0.533. The van der Waals surface area contributed by atoms with Crippen molar-refractivity contribution in [3.63, 3.8) is 0 Å². The van der Waals surface area contributed by atoms with Crippen LogP contribution in [0.5, 0.6) is 5.75 Å². The number of likely N-dealkylation sites (tertiary alicyclic amines) is 1. The zero-order valence-corrected chi connectivity index (χ0v) is 11.6. The lowest BCUT2D eigenvalue weighted by Crippen LogP contribution is -2.33. The van der Waals surface area contributed by atoms with E-state index in [-0.39, 0.29) is 5.78 Å². The highest BCUT2D eigenvalue weighted by Crippen LogP contribution is 2.20. The van der Waals surface area contributed by atoms with Gasteiger partial charge in [0.15, 0.2) is 5.78 Å².